The molecule has 2 N–H and O–H groups in total. The summed E-state index contributed by atoms with van der Waals surface area (Å²) in [5, 5.41) is 1.45. The average Bonchev–Trinajstić information content (AvgIpc) is 2.62. The molecule has 0 saturated carbocycles. The van der Waals surface area contributed by atoms with Crippen LogP contribution in [0.15, 0.2) is 39.4 Å². The van der Waals surface area contributed by atoms with Gasteiger partial charge in [0.25, 0.3) is 5.22 Å². The van der Waals surface area contributed by atoms with Gasteiger partial charge in [-0.2, -0.15) is 0 Å². The Kier molecular flexibility index (Phi) is 2.41. The number of nitrogens with zero attached hydrogens (tertiary/aromatic N) is 2. The molecule has 0 aliphatic carbocycles. The van der Waals surface area contributed by atoms with Gasteiger partial charge in [0, 0.05) is 0 Å². The van der Waals surface area contributed by atoms with E-state index in [1.165, 1.54) is 18.0 Å². The third-order valence-electron chi connectivity index (χ3n) is 1.65. The van der Waals surface area contributed by atoms with Gasteiger partial charge in [-0.05, 0) is 30.3 Å². The van der Waals surface area contributed by atoms with Gasteiger partial charge < -0.3 is 10.2 Å². The standard InChI is InChI=1S/C9H9N3OS/c1-6-4-7(10)5-12-8(6)14-9-11-2-3-13-9/h2-5H,10H2,1H3. The molecule has 0 radical (unpaired) electrons. The number of rotatable bonds is 2. The Morgan fingerprint density at radius 3 is 2.93 bits per heavy atom. The van der Waals surface area contributed by atoms with Crippen LogP contribution < -0.4 is 5.73 Å². The van der Waals surface area contributed by atoms with Gasteiger partial charge in [0.05, 0.1) is 18.1 Å². The van der Waals surface area contributed by atoms with Crippen molar-refractivity contribution in [3.05, 3.63) is 30.3 Å². The Balaban J connectivity index is 2.25. The SMILES string of the molecule is Cc1cc(N)cnc1Sc1ncco1. The number of aromatic nitrogens is 2. The normalized spacial score (nSPS) is 10.4. The largest absolute Gasteiger partial charge is 0.440 e. The second kappa shape index (κ2) is 3.71. The van der Waals surface area contributed by atoms with Crippen molar-refractivity contribution in [1.29, 1.82) is 0 Å². The van der Waals surface area contributed by atoms with Crippen LogP contribution in [0.2, 0.25) is 0 Å². The predicted octanol–water partition coefficient (Wildman–Crippen LogP) is 2.11. The summed E-state index contributed by atoms with van der Waals surface area (Å²) < 4.78 is 5.10. The molecular formula is C9H9N3OS. The molecular weight excluding hydrogens is 198 g/mol. The van der Waals surface area contributed by atoms with E-state index in [0.717, 1.165) is 10.6 Å². The molecule has 0 atom stereocenters. The second-order valence-electron chi connectivity index (χ2n) is 2.79. The monoisotopic (exact) mass is 207 g/mol. The topological polar surface area (TPSA) is 64.9 Å². The fourth-order valence-corrected chi connectivity index (χ4v) is 1.74. The minimum absolute atomic E-state index is 0.588. The molecule has 5 heteroatoms. The second-order valence-corrected chi connectivity index (χ2v) is 3.73. The molecule has 2 rings (SSSR count). The minimum Gasteiger partial charge on any atom is -0.440 e. The molecule has 2 heterocycles. The van der Waals surface area contributed by atoms with E-state index in [1.807, 2.05) is 13.0 Å². The average molecular weight is 207 g/mol. The predicted molar refractivity (Wildman–Crippen MR) is 54.0 cm³/mol. The van der Waals surface area contributed by atoms with Crippen LogP contribution in [-0.2, 0) is 0 Å². The molecule has 0 aliphatic rings. The van der Waals surface area contributed by atoms with E-state index in [0.29, 0.717) is 10.9 Å². The lowest BCUT2D eigenvalue weighted by Gasteiger charge is -2.01. The van der Waals surface area contributed by atoms with Gasteiger partial charge in [-0.25, -0.2) is 9.97 Å². The molecule has 2 aromatic heterocycles. The van der Waals surface area contributed by atoms with Crippen LogP contribution in [0.1, 0.15) is 5.56 Å². The molecule has 0 fully saturated rings. The summed E-state index contributed by atoms with van der Waals surface area (Å²) in [5.41, 5.74) is 7.28. The maximum absolute atomic E-state index is 5.59. The molecule has 14 heavy (non-hydrogen) atoms. The quantitative estimate of drug-likeness (QED) is 0.817. The molecule has 0 aliphatic heterocycles. The fourth-order valence-electron chi connectivity index (χ4n) is 1.03. The first-order valence-corrected chi connectivity index (χ1v) is 4.87. The number of anilines is 1. The third-order valence-corrected chi connectivity index (χ3v) is 2.64. The van der Waals surface area contributed by atoms with Crippen molar-refractivity contribution < 1.29 is 4.42 Å². The van der Waals surface area contributed by atoms with Crippen molar-refractivity contribution in [2.45, 2.75) is 17.2 Å². The summed E-state index contributed by atoms with van der Waals surface area (Å²) in [5.74, 6) is 0. The van der Waals surface area contributed by atoms with Crippen LogP contribution in [0.25, 0.3) is 0 Å². The molecule has 0 amide bonds. The van der Waals surface area contributed by atoms with Crippen molar-refractivity contribution in [1.82, 2.24) is 9.97 Å². The summed E-state index contributed by atoms with van der Waals surface area (Å²) in [7, 11) is 0. The smallest absolute Gasteiger partial charge is 0.261 e. The molecule has 0 aromatic carbocycles. The van der Waals surface area contributed by atoms with Crippen molar-refractivity contribution in [3.63, 3.8) is 0 Å². The zero-order chi connectivity index (χ0) is 9.97. The van der Waals surface area contributed by atoms with Crippen molar-refractivity contribution >= 4 is 17.4 Å². The lowest BCUT2D eigenvalue weighted by Crippen LogP contribution is -1.90. The highest BCUT2D eigenvalue weighted by molar-refractivity contribution is 7.99. The third kappa shape index (κ3) is 1.88. The molecule has 2 aromatic rings. The lowest BCUT2D eigenvalue weighted by atomic mass is 10.3. The Labute approximate surface area is 85.6 Å². The summed E-state index contributed by atoms with van der Waals surface area (Å²) in [6.07, 6.45) is 4.77. The zero-order valence-electron chi connectivity index (χ0n) is 7.60. The maximum Gasteiger partial charge on any atom is 0.261 e. The maximum atomic E-state index is 5.59. The number of nitrogens with two attached hydrogens (primary N) is 1. The molecule has 72 valence electrons. The van der Waals surface area contributed by atoms with Gasteiger partial charge in [-0.15, -0.1) is 0 Å². The van der Waals surface area contributed by atoms with Gasteiger partial charge >= 0.3 is 0 Å². The molecule has 0 unspecified atom stereocenters. The fraction of sp³-hybridized carbons (Fsp3) is 0.111. The summed E-state index contributed by atoms with van der Waals surface area (Å²) >= 11 is 1.39. The zero-order valence-corrected chi connectivity index (χ0v) is 8.41. The van der Waals surface area contributed by atoms with Crippen LogP contribution in [0.4, 0.5) is 5.69 Å². The molecule has 0 spiro atoms. The molecule has 0 saturated heterocycles. The summed E-state index contributed by atoms with van der Waals surface area (Å²) in [6, 6.07) is 1.87. The molecule has 4 nitrogen and oxygen atoms in total. The first-order valence-electron chi connectivity index (χ1n) is 4.05. The highest BCUT2D eigenvalue weighted by Gasteiger charge is 2.05. The summed E-state index contributed by atoms with van der Waals surface area (Å²) in [6.45, 7) is 1.95. The summed E-state index contributed by atoms with van der Waals surface area (Å²) in [4.78, 5) is 8.19. The van der Waals surface area contributed by atoms with Crippen LogP contribution >= 0.6 is 11.8 Å². The van der Waals surface area contributed by atoms with E-state index in [4.69, 9.17) is 10.2 Å². The lowest BCUT2D eigenvalue weighted by molar-refractivity contribution is 0.454. The van der Waals surface area contributed by atoms with E-state index in [-0.39, 0.29) is 0 Å². The highest BCUT2D eigenvalue weighted by Crippen LogP contribution is 2.27. The number of pyridine rings is 1. The van der Waals surface area contributed by atoms with Crippen molar-refractivity contribution in [2.75, 3.05) is 5.73 Å². The Morgan fingerprint density at radius 1 is 1.43 bits per heavy atom. The van der Waals surface area contributed by atoms with Gasteiger partial charge in [0.15, 0.2) is 0 Å². The van der Waals surface area contributed by atoms with Crippen LogP contribution in [-0.4, -0.2) is 9.97 Å². The van der Waals surface area contributed by atoms with Crippen LogP contribution in [0.5, 0.6) is 0 Å². The van der Waals surface area contributed by atoms with Gasteiger partial charge in [-0.3, -0.25) is 0 Å². The molecule has 0 bridgehead atoms. The first-order chi connectivity index (χ1) is 6.75. The van der Waals surface area contributed by atoms with E-state index >= 15 is 0 Å². The Bertz CT molecular complexity index is 428. The van der Waals surface area contributed by atoms with Gasteiger partial charge in [0.2, 0.25) is 0 Å². The van der Waals surface area contributed by atoms with Crippen molar-refractivity contribution in [2.24, 2.45) is 0 Å². The van der Waals surface area contributed by atoms with E-state index < -0.39 is 0 Å². The Hall–Kier alpha value is -1.49. The number of hydrogen-bond acceptors (Lipinski definition) is 5. The van der Waals surface area contributed by atoms with Gasteiger partial charge in [0.1, 0.15) is 11.3 Å². The van der Waals surface area contributed by atoms with E-state index in [1.54, 1.807) is 12.4 Å². The van der Waals surface area contributed by atoms with E-state index in [2.05, 4.69) is 9.97 Å². The first kappa shape index (κ1) is 9.08. The van der Waals surface area contributed by atoms with E-state index in [9.17, 15) is 0 Å². The Morgan fingerprint density at radius 2 is 2.29 bits per heavy atom. The number of aryl methyl sites for hydroxylation is 1. The highest BCUT2D eigenvalue weighted by atomic mass is 32.2. The van der Waals surface area contributed by atoms with Crippen LogP contribution in [0, 0.1) is 6.92 Å². The number of hydrogen-bond donors (Lipinski definition) is 1. The number of oxazole rings is 1. The van der Waals surface area contributed by atoms with Gasteiger partial charge in [-0.1, -0.05) is 0 Å². The van der Waals surface area contributed by atoms with Crippen LogP contribution in [0.3, 0.4) is 0 Å². The number of nitrogen functional groups attached to an aromatic ring is 1. The minimum atomic E-state index is 0.588. The van der Waals surface area contributed by atoms with Crippen molar-refractivity contribution in [3.8, 4) is 0 Å².